The van der Waals surface area contributed by atoms with Crippen LogP contribution in [-0.4, -0.2) is 32.4 Å². The monoisotopic (exact) mass is 337 g/mol. The van der Waals surface area contributed by atoms with E-state index in [1.165, 1.54) is 11.3 Å². The van der Waals surface area contributed by atoms with E-state index in [2.05, 4.69) is 25.3 Å². The van der Waals surface area contributed by atoms with Gasteiger partial charge < -0.3 is 10.3 Å². The molecule has 0 spiro atoms. The molecule has 4 aromatic rings. The Morgan fingerprint density at radius 1 is 1.12 bits per heavy atom. The molecule has 0 radical (unpaired) electrons. The Hall–Kier alpha value is -2.80. The van der Waals surface area contributed by atoms with Gasteiger partial charge in [-0.3, -0.25) is 4.79 Å². The molecule has 3 aromatic heterocycles. The zero-order chi connectivity index (χ0) is 16.4. The highest BCUT2D eigenvalue weighted by Gasteiger charge is 2.12. The summed E-state index contributed by atoms with van der Waals surface area (Å²) in [6.07, 6.45) is 3.31. The van der Waals surface area contributed by atoms with Crippen molar-refractivity contribution in [3.8, 4) is 0 Å². The van der Waals surface area contributed by atoms with Crippen LogP contribution in [0.4, 0.5) is 0 Å². The summed E-state index contributed by atoms with van der Waals surface area (Å²) in [7, 11) is 0. The van der Waals surface area contributed by atoms with Crippen LogP contribution in [0.3, 0.4) is 0 Å². The number of benzene rings is 1. The highest BCUT2D eigenvalue weighted by molar-refractivity contribution is 7.19. The number of aryl methyl sites for hydroxylation is 1. The van der Waals surface area contributed by atoms with Crippen LogP contribution in [0.2, 0.25) is 0 Å². The average Bonchev–Trinajstić information content (AvgIpc) is 3.21. The van der Waals surface area contributed by atoms with E-state index < -0.39 is 0 Å². The van der Waals surface area contributed by atoms with Crippen LogP contribution >= 0.6 is 11.3 Å². The molecule has 1 amide bonds. The Morgan fingerprint density at radius 3 is 2.88 bits per heavy atom. The summed E-state index contributed by atoms with van der Waals surface area (Å²) in [6.45, 7) is 0.583. The number of aromatic nitrogens is 4. The van der Waals surface area contributed by atoms with Crippen molar-refractivity contribution in [2.75, 3.05) is 6.54 Å². The lowest BCUT2D eigenvalue weighted by atomic mass is 10.3. The zero-order valence-electron chi connectivity index (χ0n) is 12.8. The van der Waals surface area contributed by atoms with E-state index in [1.54, 1.807) is 6.20 Å². The number of nitrogens with one attached hydrogen (secondary N) is 2. The first-order chi connectivity index (χ1) is 11.8. The number of thiazole rings is 1. The van der Waals surface area contributed by atoms with Gasteiger partial charge in [-0.05, 0) is 30.7 Å². The van der Waals surface area contributed by atoms with Crippen LogP contribution in [-0.2, 0) is 6.42 Å². The van der Waals surface area contributed by atoms with Crippen LogP contribution in [0, 0.1) is 0 Å². The smallest absolute Gasteiger partial charge is 0.280 e. The lowest BCUT2D eigenvalue weighted by molar-refractivity contribution is 0.0953. The third-order valence-corrected chi connectivity index (χ3v) is 4.65. The van der Waals surface area contributed by atoms with Gasteiger partial charge in [0.25, 0.3) is 5.91 Å². The molecule has 0 saturated carbocycles. The maximum Gasteiger partial charge on any atom is 0.280 e. The molecule has 0 unspecified atom stereocenters. The van der Waals surface area contributed by atoms with Gasteiger partial charge >= 0.3 is 0 Å². The lowest BCUT2D eigenvalue weighted by Crippen LogP contribution is -2.24. The van der Waals surface area contributed by atoms with Gasteiger partial charge in [-0.1, -0.05) is 23.5 Å². The molecule has 6 nitrogen and oxygen atoms in total. The van der Waals surface area contributed by atoms with Crippen molar-refractivity contribution in [3.63, 3.8) is 0 Å². The molecule has 0 bridgehead atoms. The first kappa shape index (κ1) is 14.8. The number of imidazole rings is 1. The van der Waals surface area contributed by atoms with Crippen LogP contribution in [0.1, 0.15) is 22.0 Å². The van der Waals surface area contributed by atoms with Gasteiger partial charge in [-0.15, -0.1) is 0 Å². The number of rotatable bonds is 5. The maximum atomic E-state index is 12.2. The second kappa shape index (κ2) is 6.37. The Labute approximate surface area is 142 Å². The Bertz CT molecular complexity index is 940. The van der Waals surface area contributed by atoms with E-state index in [0.29, 0.717) is 11.6 Å². The van der Waals surface area contributed by atoms with Crippen molar-refractivity contribution < 1.29 is 4.79 Å². The predicted octanol–water partition coefficient (Wildman–Crippen LogP) is 2.93. The maximum absolute atomic E-state index is 12.2. The Morgan fingerprint density at radius 2 is 2.00 bits per heavy atom. The number of aromatic amines is 1. The Kier molecular flexibility index (Phi) is 3.92. The van der Waals surface area contributed by atoms with Gasteiger partial charge in [-0.25, -0.2) is 15.0 Å². The lowest BCUT2D eigenvalue weighted by Gasteiger charge is -2.01. The molecule has 7 heteroatoms. The second-order valence-corrected chi connectivity index (χ2v) is 6.38. The van der Waals surface area contributed by atoms with Crippen molar-refractivity contribution in [1.29, 1.82) is 0 Å². The molecule has 3 heterocycles. The molecular weight excluding hydrogens is 322 g/mol. The second-order valence-electron chi connectivity index (χ2n) is 5.41. The van der Waals surface area contributed by atoms with Gasteiger partial charge in [0.15, 0.2) is 5.01 Å². The summed E-state index contributed by atoms with van der Waals surface area (Å²) < 4.78 is 0. The molecular formula is C17H15N5OS. The Balaban J connectivity index is 1.32. The molecule has 0 atom stereocenters. The molecule has 1 aromatic carbocycles. The van der Waals surface area contributed by atoms with E-state index in [4.69, 9.17) is 0 Å². The summed E-state index contributed by atoms with van der Waals surface area (Å²) in [5, 5.41) is 3.35. The highest BCUT2D eigenvalue weighted by Crippen LogP contribution is 2.19. The first-order valence-electron chi connectivity index (χ1n) is 7.73. The highest BCUT2D eigenvalue weighted by atomic mass is 32.1. The normalized spacial score (nSPS) is 11.2. The van der Waals surface area contributed by atoms with Crippen molar-refractivity contribution >= 4 is 38.6 Å². The largest absolute Gasteiger partial charge is 0.350 e. The molecule has 0 fully saturated rings. The van der Waals surface area contributed by atoms with E-state index in [1.807, 2.05) is 36.4 Å². The molecule has 0 saturated heterocycles. The number of amides is 1. The van der Waals surface area contributed by atoms with Crippen LogP contribution in [0.15, 0.2) is 42.6 Å². The van der Waals surface area contributed by atoms with Crippen LogP contribution < -0.4 is 5.32 Å². The number of hydrogen-bond donors (Lipinski definition) is 2. The molecule has 0 aliphatic rings. The van der Waals surface area contributed by atoms with Crippen molar-refractivity contribution in [1.82, 2.24) is 25.3 Å². The standard InChI is InChI=1S/C17H15N5OS/c23-15(17-22-13-7-3-10-19-16(13)24-17)18-9-4-8-14-20-11-5-1-2-6-12(11)21-14/h1-3,5-7,10H,4,8-9H2,(H,18,23)(H,20,21). The predicted molar refractivity (Wildman–Crippen MR) is 94.2 cm³/mol. The fraction of sp³-hybridized carbons (Fsp3) is 0.176. The van der Waals surface area contributed by atoms with E-state index >= 15 is 0 Å². The first-order valence-corrected chi connectivity index (χ1v) is 8.54. The van der Waals surface area contributed by atoms with E-state index in [-0.39, 0.29) is 5.91 Å². The van der Waals surface area contributed by atoms with Gasteiger partial charge in [-0.2, -0.15) is 0 Å². The third kappa shape index (κ3) is 2.98. The SMILES string of the molecule is O=C(NCCCc1nc2ccccc2[nH]1)c1nc2cccnc2s1. The zero-order valence-corrected chi connectivity index (χ0v) is 13.6. The fourth-order valence-electron chi connectivity index (χ4n) is 2.52. The minimum Gasteiger partial charge on any atom is -0.350 e. The van der Waals surface area contributed by atoms with Gasteiger partial charge in [0.1, 0.15) is 16.2 Å². The number of pyridine rings is 1. The number of carbonyl (C=O) groups excluding carboxylic acids is 1. The number of H-pyrrole nitrogens is 1. The van der Waals surface area contributed by atoms with E-state index in [0.717, 1.165) is 40.0 Å². The quantitative estimate of drug-likeness (QED) is 0.549. The molecule has 4 rings (SSSR count). The third-order valence-electron chi connectivity index (χ3n) is 3.67. The topological polar surface area (TPSA) is 83.6 Å². The summed E-state index contributed by atoms with van der Waals surface area (Å²) in [5.74, 6) is 0.789. The van der Waals surface area contributed by atoms with Crippen molar-refractivity contribution in [3.05, 3.63) is 53.4 Å². The summed E-state index contributed by atoms with van der Waals surface area (Å²) in [6, 6.07) is 11.6. The van der Waals surface area contributed by atoms with Gasteiger partial charge in [0.05, 0.1) is 11.0 Å². The minimum absolute atomic E-state index is 0.150. The molecule has 24 heavy (non-hydrogen) atoms. The van der Waals surface area contributed by atoms with E-state index in [9.17, 15) is 4.79 Å². The van der Waals surface area contributed by atoms with Crippen LogP contribution in [0.5, 0.6) is 0 Å². The molecule has 0 aliphatic heterocycles. The van der Waals surface area contributed by atoms with Crippen molar-refractivity contribution in [2.24, 2.45) is 0 Å². The number of nitrogens with zero attached hydrogens (tertiary/aromatic N) is 3. The number of carbonyl (C=O) groups is 1. The minimum atomic E-state index is -0.150. The number of fused-ring (bicyclic) bond motifs is 2. The molecule has 0 aliphatic carbocycles. The van der Waals surface area contributed by atoms with Crippen molar-refractivity contribution in [2.45, 2.75) is 12.8 Å². The fourth-order valence-corrected chi connectivity index (χ4v) is 3.35. The summed E-state index contributed by atoms with van der Waals surface area (Å²) in [5.41, 5.74) is 2.77. The van der Waals surface area contributed by atoms with Crippen LogP contribution in [0.25, 0.3) is 21.4 Å². The average molecular weight is 337 g/mol. The molecule has 120 valence electrons. The van der Waals surface area contributed by atoms with Gasteiger partial charge in [0.2, 0.25) is 0 Å². The molecule has 2 N–H and O–H groups in total. The summed E-state index contributed by atoms with van der Waals surface area (Å²) >= 11 is 1.31. The summed E-state index contributed by atoms with van der Waals surface area (Å²) in [4.78, 5) is 29.3. The number of hydrogen-bond acceptors (Lipinski definition) is 5. The number of para-hydroxylation sites is 2. The van der Waals surface area contributed by atoms with Gasteiger partial charge in [0, 0.05) is 19.2 Å².